The van der Waals surface area contributed by atoms with Gasteiger partial charge in [-0.3, -0.25) is 0 Å². The SMILES string of the molecule is CC(C)N(C(C)C)P(OCCC#N)OCCCCCCOC[C@@H]1[C@@H]2CCC#CCC[C@@H]21. The normalized spacial score (nSPS) is 23.6. The minimum Gasteiger partial charge on any atom is -0.381 e. The van der Waals surface area contributed by atoms with Gasteiger partial charge >= 0.3 is 0 Å². The number of fused-ring (bicyclic) bond motifs is 1. The van der Waals surface area contributed by atoms with E-state index in [1.54, 1.807) is 0 Å². The summed E-state index contributed by atoms with van der Waals surface area (Å²) in [4.78, 5) is 0. The van der Waals surface area contributed by atoms with Gasteiger partial charge in [0.25, 0.3) is 8.53 Å². The van der Waals surface area contributed by atoms with Crippen LogP contribution in [0.1, 0.15) is 85.5 Å². The van der Waals surface area contributed by atoms with E-state index in [1.807, 2.05) is 0 Å². The van der Waals surface area contributed by atoms with Gasteiger partial charge < -0.3 is 13.8 Å². The number of unbranched alkanes of at least 4 members (excludes halogenated alkanes) is 3. The first-order chi connectivity index (χ1) is 15.1. The van der Waals surface area contributed by atoms with Crippen LogP contribution in [0.25, 0.3) is 0 Å². The Morgan fingerprint density at radius 2 is 1.48 bits per heavy atom. The van der Waals surface area contributed by atoms with E-state index in [2.05, 4.69) is 50.3 Å². The van der Waals surface area contributed by atoms with Crippen molar-refractivity contribution in [1.29, 1.82) is 5.26 Å². The second kappa shape index (κ2) is 15.2. The maximum atomic E-state index is 8.79. The van der Waals surface area contributed by atoms with Crippen LogP contribution in [-0.2, 0) is 13.8 Å². The molecule has 0 heterocycles. The van der Waals surface area contributed by atoms with Crippen LogP contribution in [-0.4, -0.2) is 43.2 Å². The molecule has 0 amide bonds. The van der Waals surface area contributed by atoms with E-state index in [0.717, 1.165) is 63.1 Å². The van der Waals surface area contributed by atoms with Gasteiger partial charge in [0.2, 0.25) is 0 Å². The highest BCUT2D eigenvalue weighted by Gasteiger charge is 2.48. The van der Waals surface area contributed by atoms with E-state index in [1.165, 1.54) is 19.3 Å². The van der Waals surface area contributed by atoms with Gasteiger partial charge in [-0.1, -0.05) is 12.8 Å². The second-order valence-corrected chi connectivity index (χ2v) is 10.7. The smallest absolute Gasteiger partial charge is 0.259 e. The third-order valence-corrected chi connectivity index (χ3v) is 8.30. The van der Waals surface area contributed by atoms with Gasteiger partial charge in [0.1, 0.15) is 0 Å². The quantitative estimate of drug-likeness (QED) is 0.157. The maximum absolute atomic E-state index is 8.79. The highest BCUT2D eigenvalue weighted by atomic mass is 31.2. The van der Waals surface area contributed by atoms with Crippen molar-refractivity contribution in [2.45, 2.75) is 97.6 Å². The highest BCUT2D eigenvalue weighted by Crippen LogP contribution is 2.52. The monoisotopic (exact) mass is 450 g/mol. The molecule has 1 saturated carbocycles. The first kappa shape index (κ1) is 26.6. The largest absolute Gasteiger partial charge is 0.381 e. The molecule has 0 spiro atoms. The Morgan fingerprint density at radius 1 is 0.903 bits per heavy atom. The van der Waals surface area contributed by atoms with Gasteiger partial charge in [-0.25, -0.2) is 4.67 Å². The molecule has 0 N–H and O–H groups in total. The molecule has 4 atom stereocenters. The Labute approximate surface area is 192 Å². The number of hydrogen-bond acceptors (Lipinski definition) is 5. The zero-order chi connectivity index (χ0) is 22.5. The molecule has 0 aliphatic heterocycles. The number of nitrogens with zero attached hydrogens (tertiary/aromatic N) is 2. The fraction of sp³-hybridized carbons (Fsp3) is 0.880. The minimum atomic E-state index is -1.11. The summed E-state index contributed by atoms with van der Waals surface area (Å²) in [7, 11) is -1.11. The fourth-order valence-electron chi connectivity index (χ4n) is 4.62. The lowest BCUT2D eigenvalue weighted by Crippen LogP contribution is -2.33. The molecule has 0 aromatic carbocycles. The molecular weight excluding hydrogens is 407 g/mol. The Balaban J connectivity index is 1.52. The van der Waals surface area contributed by atoms with E-state index in [9.17, 15) is 0 Å². The summed E-state index contributed by atoms with van der Waals surface area (Å²) in [6, 6.07) is 2.84. The van der Waals surface area contributed by atoms with Crippen molar-refractivity contribution < 1.29 is 13.8 Å². The summed E-state index contributed by atoms with van der Waals surface area (Å²) >= 11 is 0. The van der Waals surface area contributed by atoms with Crippen molar-refractivity contribution in [2.24, 2.45) is 17.8 Å². The van der Waals surface area contributed by atoms with Gasteiger partial charge in [0.15, 0.2) is 0 Å². The Kier molecular flexibility index (Phi) is 13.0. The van der Waals surface area contributed by atoms with Crippen molar-refractivity contribution in [2.75, 3.05) is 26.4 Å². The van der Waals surface area contributed by atoms with Gasteiger partial charge in [-0.15, -0.1) is 11.8 Å². The average Bonchev–Trinajstić information content (AvgIpc) is 3.34. The number of hydrogen-bond donors (Lipinski definition) is 0. The molecule has 5 nitrogen and oxygen atoms in total. The van der Waals surface area contributed by atoms with Crippen LogP contribution >= 0.6 is 8.53 Å². The summed E-state index contributed by atoms with van der Waals surface area (Å²) < 4.78 is 20.3. The van der Waals surface area contributed by atoms with Crippen molar-refractivity contribution in [3.63, 3.8) is 0 Å². The lowest BCUT2D eigenvalue weighted by Gasteiger charge is -2.35. The molecule has 1 fully saturated rings. The molecule has 0 saturated heterocycles. The molecule has 0 aromatic heterocycles. The molecule has 1 unspecified atom stereocenters. The molecule has 6 heteroatoms. The molecule has 0 aromatic rings. The van der Waals surface area contributed by atoms with Crippen molar-refractivity contribution in [3.05, 3.63) is 0 Å². The Bertz CT molecular complexity index is 570. The molecule has 2 rings (SSSR count). The van der Waals surface area contributed by atoms with Crippen LogP contribution in [0, 0.1) is 40.9 Å². The van der Waals surface area contributed by atoms with Crippen LogP contribution in [0.15, 0.2) is 0 Å². The third kappa shape index (κ3) is 9.77. The second-order valence-electron chi connectivity index (χ2n) is 9.29. The predicted octanol–water partition coefficient (Wildman–Crippen LogP) is 6.30. The Hall–Kier alpha value is -0.680. The van der Waals surface area contributed by atoms with E-state index >= 15 is 0 Å². The minimum absolute atomic E-state index is 0.349. The fourth-order valence-corrected chi connectivity index (χ4v) is 6.25. The van der Waals surface area contributed by atoms with Crippen LogP contribution in [0.2, 0.25) is 0 Å². The molecular formula is C25H43N2O3P. The standard InChI is InChI=1S/C25H43N2O3P/c1-21(2)27(22(3)4)31(30-19-13-16-26)29-18-12-8-7-11-17-28-20-25-23-14-9-5-6-10-15-24(23)25/h21-25H,7-15,17-20H2,1-4H3/t23-,24+,25-,31?. The van der Waals surface area contributed by atoms with Gasteiger partial charge in [-0.05, 0) is 71.1 Å². The first-order valence-corrected chi connectivity index (χ1v) is 13.4. The third-order valence-electron chi connectivity index (χ3n) is 6.20. The van der Waals surface area contributed by atoms with Gasteiger partial charge in [-0.2, -0.15) is 5.26 Å². The first-order valence-electron chi connectivity index (χ1n) is 12.3. The average molecular weight is 451 g/mol. The molecule has 176 valence electrons. The van der Waals surface area contributed by atoms with Gasteiger partial charge in [0, 0.05) is 38.1 Å². The van der Waals surface area contributed by atoms with E-state index in [-0.39, 0.29) is 0 Å². The van der Waals surface area contributed by atoms with E-state index < -0.39 is 8.53 Å². The van der Waals surface area contributed by atoms with Gasteiger partial charge in [0.05, 0.1) is 25.7 Å². The molecule has 2 aliphatic rings. The number of nitriles is 1. The molecule has 31 heavy (non-hydrogen) atoms. The molecule has 0 bridgehead atoms. The van der Waals surface area contributed by atoms with E-state index in [0.29, 0.717) is 31.7 Å². The summed E-state index contributed by atoms with van der Waals surface area (Å²) in [6.45, 7) is 11.6. The maximum Gasteiger partial charge on any atom is 0.259 e. The molecule has 2 aliphatic carbocycles. The predicted molar refractivity (Wildman–Crippen MR) is 127 cm³/mol. The summed E-state index contributed by atoms with van der Waals surface area (Å²) in [5.41, 5.74) is 0. The van der Waals surface area contributed by atoms with Crippen LogP contribution in [0.5, 0.6) is 0 Å². The number of rotatable bonds is 16. The summed E-state index contributed by atoms with van der Waals surface area (Å²) in [5.74, 6) is 9.11. The Morgan fingerprint density at radius 3 is 2.06 bits per heavy atom. The van der Waals surface area contributed by atoms with Crippen LogP contribution in [0.3, 0.4) is 0 Å². The topological polar surface area (TPSA) is 54.7 Å². The summed E-state index contributed by atoms with van der Waals surface area (Å²) in [6.07, 6.45) is 9.62. The lowest BCUT2D eigenvalue weighted by molar-refractivity contribution is 0.113. The highest BCUT2D eigenvalue weighted by molar-refractivity contribution is 7.44. The van der Waals surface area contributed by atoms with Crippen molar-refractivity contribution >= 4 is 8.53 Å². The molecule has 0 radical (unpaired) electrons. The van der Waals surface area contributed by atoms with Crippen LogP contribution in [0.4, 0.5) is 0 Å². The van der Waals surface area contributed by atoms with Crippen molar-refractivity contribution in [3.8, 4) is 17.9 Å². The van der Waals surface area contributed by atoms with Crippen molar-refractivity contribution in [1.82, 2.24) is 4.67 Å². The zero-order valence-electron chi connectivity index (χ0n) is 20.1. The van der Waals surface area contributed by atoms with Crippen LogP contribution < -0.4 is 0 Å². The summed E-state index contributed by atoms with van der Waals surface area (Å²) in [5, 5.41) is 8.79. The van der Waals surface area contributed by atoms with E-state index in [4.69, 9.17) is 19.0 Å². The lowest BCUT2D eigenvalue weighted by atomic mass is 10.1. The number of ether oxygens (including phenoxy) is 1. The zero-order valence-corrected chi connectivity index (χ0v) is 21.0.